The van der Waals surface area contributed by atoms with Crippen LogP contribution in [0.4, 0.5) is 0 Å². The Morgan fingerprint density at radius 2 is 2.00 bits per heavy atom. The number of thioether (sulfide) groups is 1. The lowest BCUT2D eigenvalue weighted by Gasteiger charge is -2.24. The van der Waals surface area contributed by atoms with Gasteiger partial charge in [0.05, 0.1) is 0 Å². The van der Waals surface area contributed by atoms with Crippen molar-refractivity contribution in [1.82, 2.24) is 4.90 Å². The topological polar surface area (TPSA) is 53.1 Å². The van der Waals surface area contributed by atoms with Gasteiger partial charge in [0.1, 0.15) is 5.84 Å². The Kier molecular flexibility index (Phi) is 5.51. The van der Waals surface area contributed by atoms with Crippen LogP contribution < -0.4 is 5.73 Å². The molecule has 0 saturated heterocycles. The first-order valence-electron chi connectivity index (χ1n) is 5.67. The van der Waals surface area contributed by atoms with Crippen LogP contribution in [0.15, 0.2) is 24.3 Å². The van der Waals surface area contributed by atoms with Gasteiger partial charge in [0.25, 0.3) is 0 Å². The second kappa shape index (κ2) is 6.67. The second-order valence-corrected chi connectivity index (χ2v) is 5.24. The monoisotopic (exact) mass is 251 g/mol. The number of amidine groups is 1. The number of hydrogen-bond acceptors (Lipinski definition) is 3. The molecule has 0 spiro atoms. The highest BCUT2D eigenvalue weighted by Crippen LogP contribution is 2.10. The quantitative estimate of drug-likeness (QED) is 0.602. The zero-order chi connectivity index (χ0) is 12.8. The van der Waals surface area contributed by atoms with Crippen LogP contribution in [0.3, 0.4) is 0 Å². The van der Waals surface area contributed by atoms with Gasteiger partial charge in [-0.1, -0.05) is 24.3 Å². The van der Waals surface area contributed by atoms with Crippen molar-refractivity contribution in [2.75, 3.05) is 19.1 Å². The maximum atomic E-state index is 7.34. The third kappa shape index (κ3) is 4.40. The van der Waals surface area contributed by atoms with E-state index in [1.807, 2.05) is 36.0 Å². The van der Waals surface area contributed by atoms with Crippen molar-refractivity contribution in [1.29, 1.82) is 5.41 Å². The minimum absolute atomic E-state index is 0.126. The molecule has 1 atom stereocenters. The van der Waals surface area contributed by atoms with Gasteiger partial charge in [0.15, 0.2) is 0 Å². The van der Waals surface area contributed by atoms with Crippen molar-refractivity contribution < 1.29 is 0 Å². The van der Waals surface area contributed by atoms with Crippen LogP contribution in [0.25, 0.3) is 0 Å². The number of nitrogen functional groups attached to an aromatic ring is 1. The molecule has 1 unspecified atom stereocenters. The highest BCUT2D eigenvalue weighted by atomic mass is 32.2. The molecule has 1 rings (SSSR count). The SMILES string of the molecule is CSCC(C)N(C)Cc1ccc(C(=N)N)cc1. The average Bonchev–Trinajstić information content (AvgIpc) is 2.30. The molecule has 0 amide bonds. The maximum absolute atomic E-state index is 7.34. The van der Waals surface area contributed by atoms with Crippen molar-refractivity contribution in [3.63, 3.8) is 0 Å². The van der Waals surface area contributed by atoms with Gasteiger partial charge in [-0.2, -0.15) is 11.8 Å². The lowest BCUT2D eigenvalue weighted by molar-refractivity contribution is 0.270. The van der Waals surface area contributed by atoms with Crippen molar-refractivity contribution in [3.05, 3.63) is 35.4 Å². The largest absolute Gasteiger partial charge is 0.384 e. The van der Waals surface area contributed by atoms with E-state index in [1.54, 1.807) is 0 Å². The minimum atomic E-state index is 0.126. The summed E-state index contributed by atoms with van der Waals surface area (Å²) in [6.45, 7) is 3.17. The molecule has 1 aromatic rings. The first-order chi connectivity index (χ1) is 8.04. The number of nitrogens with two attached hydrogens (primary N) is 1. The minimum Gasteiger partial charge on any atom is -0.384 e. The molecule has 0 aromatic heterocycles. The molecule has 0 bridgehead atoms. The van der Waals surface area contributed by atoms with Crippen molar-refractivity contribution in [2.24, 2.45) is 5.73 Å². The van der Waals surface area contributed by atoms with E-state index in [9.17, 15) is 0 Å². The molecule has 17 heavy (non-hydrogen) atoms. The Bertz CT molecular complexity index is 361. The van der Waals surface area contributed by atoms with E-state index in [1.165, 1.54) is 5.56 Å². The zero-order valence-electron chi connectivity index (χ0n) is 10.7. The van der Waals surface area contributed by atoms with Crippen LogP contribution in [0.5, 0.6) is 0 Å². The average molecular weight is 251 g/mol. The molecule has 1 aromatic carbocycles. The van der Waals surface area contributed by atoms with E-state index in [2.05, 4.69) is 25.1 Å². The lowest BCUT2D eigenvalue weighted by Crippen LogP contribution is -2.30. The van der Waals surface area contributed by atoms with Gasteiger partial charge in [-0.05, 0) is 25.8 Å². The summed E-state index contributed by atoms with van der Waals surface area (Å²) >= 11 is 1.87. The van der Waals surface area contributed by atoms with Gasteiger partial charge in [0, 0.05) is 23.9 Å². The molecule has 0 heterocycles. The Labute approximate surface area is 108 Å². The van der Waals surface area contributed by atoms with Gasteiger partial charge in [-0.15, -0.1) is 0 Å². The molecule has 4 heteroatoms. The van der Waals surface area contributed by atoms with Crippen LogP contribution >= 0.6 is 11.8 Å². The first kappa shape index (κ1) is 14.1. The van der Waals surface area contributed by atoms with Crippen molar-refractivity contribution >= 4 is 17.6 Å². The second-order valence-electron chi connectivity index (χ2n) is 4.33. The number of nitrogens with one attached hydrogen (secondary N) is 1. The third-order valence-electron chi connectivity index (χ3n) is 2.86. The number of benzene rings is 1. The van der Waals surface area contributed by atoms with Crippen LogP contribution in [0.2, 0.25) is 0 Å². The fourth-order valence-electron chi connectivity index (χ4n) is 1.60. The molecular weight excluding hydrogens is 230 g/mol. The summed E-state index contributed by atoms with van der Waals surface area (Å²) < 4.78 is 0. The van der Waals surface area contributed by atoms with E-state index in [0.717, 1.165) is 17.9 Å². The van der Waals surface area contributed by atoms with Gasteiger partial charge in [0.2, 0.25) is 0 Å². The van der Waals surface area contributed by atoms with Crippen molar-refractivity contribution in [3.8, 4) is 0 Å². The van der Waals surface area contributed by atoms with E-state index >= 15 is 0 Å². The maximum Gasteiger partial charge on any atom is 0.122 e. The number of nitrogens with zero attached hydrogens (tertiary/aromatic N) is 1. The Morgan fingerprint density at radius 3 is 2.47 bits per heavy atom. The van der Waals surface area contributed by atoms with Gasteiger partial charge in [-0.3, -0.25) is 10.3 Å². The van der Waals surface area contributed by atoms with Crippen LogP contribution in [0.1, 0.15) is 18.1 Å². The Balaban J connectivity index is 2.59. The summed E-state index contributed by atoms with van der Waals surface area (Å²) in [7, 11) is 2.14. The highest BCUT2D eigenvalue weighted by molar-refractivity contribution is 7.98. The van der Waals surface area contributed by atoms with Crippen molar-refractivity contribution in [2.45, 2.75) is 19.5 Å². The first-order valence-corrected chi connectivity index (χ1v) is 7.06. The third-order valence-corrected chi connectivity index (χ3v) is 3.67. The predicted octanol–water partition coefficient (Wildman–Crippen LogP) is 2.15. The molecule has 0 aliphatic carbocycles. The van der Waals surface area contributed by atoms with Crippen LogP contribution in [-0.4, -0.2) is 35.8 Å². The summed E-state index contributed by atoms with van der Waals surface area (Å²) in [5.41, 5.74) is 7.46. The zero-order valence-corrected chi connectivity index (χ0v) is 11.6. The molecule has 0 fully saturated rings. The van der Waals surface area contributed by atoms with Crippen LogP contribution in [-0.2, 0) is 6.54 Å². The summed E-state index contributed by atoms with van der Waals surface area (Å²) in [6, 6.07) is 8.46. The summed E-state index contributed by atoms with van der Waals surface area (Å²) in [4.78, 5) is 2.33. The summed E-state index contributed by atoms with van der Waals surface area (Å²) in [5.74, 6) is 1.27. The smallest absolute Gasteiger partial charge is 0.122 e. The molecule has 3 N–H and O–H groups in total. The van der Waals surface area contributed by atoms with Gasteiger partial charge >= 0.3 is 0 Å². The predicted molar refractivity (Wildman–Crippen MR) is 76.8 cm³/mol. The molecule has 0 radical (unpaired) electrons. The molecule has 3 nitrogen and oxygen atoms in total. The fraction of sp³-hybridized carbons (Fsp3) is 0.462. The molecule has 0 aliphatic rings. The van der Waals surface area contributed by atoms with E-state index in [4.69, 9.17) is 11.1 Å². The van der Waals surface area contributed by atoms with E-state index in [-0.39, 0.29) is 5.84 Å². The molecule has 94 valence electrons. The van der Waals surface area contributed by atoms with E-state index in [0.29, 0.717) is 6.04 Å². The van der Waals surface area contributed by atoms with E-state index < -0.39 is 0 Å². The Hall–Kier alpha value is -1.00. The normalized spacial score (nSPS) is 12.7. The summed E-state index contributed by atoms with van der Waals surface area (Å²) in [6.07, 6.45) is 2.13. The van der Waals surface area contributed by atoms with Gasteiger partial charge < -0.3 is 5.73 Å². The number of hydrogen-bond donors (Lipinski definition) is 2. The Morgan fingerprint density at radius 1 is 1.41 bits per heavy atom. The molecule has 0 saturated carbocycles. The summed E-state index contributed by atoms with van der Waals surface area (Å²) in [5, 5.41) is 7.34. The highest BCUT2D eigenvalue weighted by Gasteiger charge is 2.08. The fourth-order valence-corrected chi connectivity index (χ4v) is 2.34. The lowest BCUT2D eigenvalue weighted by atomic mass is 10.1. The standard InChI is InChI=1S/C13H21N3S/c1-10(9-17-3)16(2)8-11-4-6-12(7-5-11)13(14)15/h4-7,10H,8-9H2,1-3H3,(H3,14,15). The molecule has 0 aliphatic heterocycles. The van der Waals surface area contributed by atoms with Gasteiger partial charge in [-0.25, -0.2) is 0 Å². The molecular formula is C13H21N3S. The number of rotatable bonds is 6. The van der Waals surface area contributed by atoms with Crippen LogP contribution in [0, 0.1) is 5.41 Å².